The van der Waals surface area contributed by atoms with Gasteiger partial charge in [0.15, 0.2) is 0 Å². The lowest BCUT2D eigenvalue weighted by molar-refractivity contribution is -0.138. The lowest BCUT2D eigenvalue weighted by Gasteiger charge is -2.09. The number of H-pyrrole nitrogens is 1. The molecule has 0 spiro atoms. The summed E-state index contributed by atoms with van der Waals surface area (Å²) in [5, 5.41) is 8.70. The molecule has 0 aliphatic heterocycles. The Morgan fingerprint density at radius 3 is 2.55 bits per heavy atom. The van der Waals surface area contributed by atoms with Crippen LogP contribution in [0.15, 0.2) is 30.6 Å². The summed E-state index contributed by atoms with van der Waals surface area (Å²) in [7, 11) is 0. The van der Waals surface area contributed by atoms with Gasteiger partial charge in [-0.1, -0.05) is 0 Å². The molecule has 2 rings (SSSR count). The molecule has 0 aromatic carbocycles. The van der Waals surface area contributed by atoms with Gasteiger partial charge in [0.05, 0.1) is 5.56 Å². The van der Waals surface area contributed by atoms with E-state index in [0.29, 0.717) is 0 Å². The minimum absolute atomic E-state index is 0.202. The molecule has 0 amide bonds. The number of carbonyl (C=O) groups is 2. The number of hydrogen-bond acceptors (Lipinski definition) is 3. The van der Waals surface area contributed by atoms with E-state index < -0.39 is 29.2 Å². The number of carbonyl (C=O) groups excluding carboxylic acids is 1. The topological polar surface area (TPSA) is 83.0 Å². The van der Waals surface area contributed by atoms with Crippen LogP contribution < -0.4 is 0 Å². The highest BCUT2D eigenvalue weighted by Gasteiger charge is 2.36. The summed E-state index contributed by atoms with van der Waals surface area (Å²) in [4.78, 5) is 28.4. The second-order valence-electron chi connectivity index (χ2n) is 3.83. The van der Waals surface area contributed by atoms with Crippen LogP contribution in [-0.4, -0.2) is 26.8 Å². The van der Waals surface area contributed by atoms with Gasteiger partial charge in [-0.05, 0) is 18.2 Å². The average Bonchev–Trinajstić information content (AvgIpc) is 2.86. The lowest BCUT2D eigenvalue weighted by atomic mass is 10.1. The molecule has 2 aromatic rings. The summed E-state index contributed by atoms with van der Waals surface area (Å²) >= 11 is 0. The fourth-order valence-corrected chi connectivity index (χ4v) is 1.60. The van der Waals surface area contributed by atoms with Crippen LogP contribution in [0.25, 0.3) is 0 Å². The molecular weight excluding hydrogens is 277 g/mol. The zero-order valence-corrected chi connectivity index (χ0v) is 9.73. The fourth-order valence-electron chi connectivity index (χ4n) is 1.60. The molecular formula is C12H7F3N2O3. The molecule has 2 N–H and O–H groups in total. The van der Waals surface area contributed by atoms with E-state index in [9.17, 15) is 22.8 Å². The van der Waals surface area contributed by atoms with Crippen LogP contribution >= 0.6 is 0 Å². The number of nitrogens with one attached hydrogen (secondary N) is 1. The molecule has 0 fully saturated rings. The Morgan fingerprint density at radius 1 is 1.30 bits per heavy atom. The van der Waals surface area contributed by atoms with Crippen molar-refractivity contribution in [1.29, 1.82) is 0 Å². The summed E-state index contributed by atoms with van der Waals surface area (Å²) in [6, 6.07) is 2.77. The molecule has 2 heterocycles. The number of rotatable bonds is 3. The second-order valence-corrected chi connectivity index (χ2v) is 3.83. The fraction of sp³-hybridized carbons (Fsp3) is 0.0833. The lowest BCUT2D eigenvalue weighted by Crippen LogP contribution is -2.15. The molecule has 104 valence electrons. The first-order valence-electron chi connectivity index (χ1n) is 5.29. The predicted molar refractivity (Wildman–Crippen MR) is 60.4 cm³/mol. The maximum absolute atomic E-state index is 12.8. The van der Waals surface area contributed by atoms with Crippen molar-refractivity contribution in [2.45, 2.75) is 6.18 Å². The number of alkyl halides is 3. The van der Waals surface area contributed by atoms with Crippen molar-refractivity contribution >= 4 is 11.8 Å². The van der Waals surface area contributed by atoms with Gasteiger partial charge in [0.25, 0.3) is 0 Å². The van der Waals surface area contributed by atoms with Crippen molar-refractivity contribution in [2.24, 2.45) is 0 Å². The maximum Gasteiger partial charge on any atom is 0.418 e. The summed E-state index contributed by atoms with van der Waals surface area (Å²) < 4.78 is 38.3. The summed E-state index contributed by atoms with van der Waals surface area (Å²) in [5.74, 6) is -2.32. The molecule has 0 atom stereocenters. The van der Waals surface area contributed by atoms with E-state index in [4.69, 9.17) is 5.11 Å². The molecule has 5 nitrogen and oxygen atoms in total. The van der Waals surface area contributed by atoms with Crippen LogP contribution in [0.1, 0.15) is 32.1 Å². The first-order chi connectivity index (χ1) is 9.30. The van der Waals surface area contributed by atoms with Gasteiger partial charge in [-0.25, -0.2) is 4.79 Å². The summed E-state index contributed by atoms with van der Waals surface area (Å²) in [6.45, 7) is 0. The Kier molecular flexibility index (Phi) is 3.31. The number of aromatic amines is 1. The van der Waals surface area contributed by atoms with Crippen molar-refractivity contribution in [3.8, 4) is 0 Å². The number of nitrogens with zero attached hydrogens (tertiary/aromatic N) is 1. The van der Waals surface area contributed by atoms with Gasteiger partial charge in [0.2, 0.25) is 5.78 Å². The van der Waals surface area contributed by atoms with E-state index in [0.717, 1.165) is 30.6 Å². The smallest absolute Gasteiger partial charge is 0.418 e. The van der Waals surface area contributed by atoms with E-state index in [-0.39, 0.29) is 11.3 Å². The highest BCUT2D eigenvalue weighted by Crippen LogP contribution is 2.31. The first-order valence-corrected chi connectivity index (χ1v) is 5.29. The Labute approximate surface area is 110 Å². The number of aromatic nitrogens is 2. The van der Waals surface area contributed by atoms with Gasteiger partial charge < -0.3 is 10.1 Å². The Balaban J connectivity index is 2.46. The Morgan fingerprint density at radius 2 is 2.00 bits per heavy atom. The monoisotopic (exact) mass is 284 g/mol. The maximum atomic E-state index is 12.8. The van der Waals surface area contributed by atoms with E-state index >= 15 is 0 Å². The standard InChI is InChI=1S/C12H7F3N2O3/c13-12(14,15)7-2-1-3-16-9(7)10(18)6-4-8(11(19)20)17-5-6/h1-5,17H,(H,19,20). The summed E-state index contributed by atoms with van der Waals surface area (Å²) in [5.41, 5.74) is -2.43. The number of carboxylic acid groups (broad SMARTS) is 1. The molecule has 8 heteroatoms. The van der Waals surface area contributed by atoms with Crippen LogP contribution in [0.2, 0.25) is 0 Å². The van der Waals surface area contributed by atoms with Crippen molar-refractivity contribution < 1.29 is 27.9 Å². The molecule has 20 heavy (non-hydrogen) atoms. The number of carboxylic acids is 1. The van der Waals surface area contributed by atoms with Crippen LogP contribution in [0.4, 0.5) is 13.2 Å². The van der Waals surface area contributed by atoms with Crippen molar-refractivity contribution in [2.75, 3.05) is 0 Å². The van der Waals surface area contributed by atoms with Gasteiger partial charge in [0.1, 0.15) is 11.4 Å². The largest absolute Gasteiger partial charge is 0.477 e. The summed E-state index contributed by atoms with van der Waals surface area (Å²) in [6.07, 6.45) is -2.63. The molecule has 0 unspecified atom stereocenters. The zero-order chi connectivity index (χ0) is 14.9. The van der Waals surface area contributed by atoms with Gasteiger partial charge in [0, 0.05) is 18.0 Å². The third-order valence-corrected chi connectivity index (χ3v) is 2.50. The van der Waals surface area contributed by atoms with Gasteiger partial charge in [-0.15, -0.1) is 0 Å². The molecule has 0 saturated carbocycles. The van der Waals surface area contributed by atoms with Gasteiger partial charge in [-0.3, -0.25) is 9.78 Å². The van der Waals surface area contributed by atoms with Crippen molar-refractivity contribution in [3.05, 3.63) is 53.1 Å². The van der Waals surface area contributed by atoms with E-state index in [2.05, 4.69) is 9.97 Å². The average molecular weight is 284 g/mol. The molecule has 0 saturated heterocycles. The van der Waals surface area contributed by atoms with Crippen LogP contribution in [0.3, 0.4) is 0 Å². The minimum atomic E-state index is -4.72. The molecule has 0 aliphatic carbocycles. The predicted octanol–water partition coefficient (Wildman–Crippen LogP) is 2.36. The Bertz CT molecular complexity index is 677. The third-order valence-electron chi connectivity index (χ3n) is 2.50. The molecule has 0 aliphatic rings. The molecule has 2 aromatic heterocycles. The normalized spacial score (nSPS) is 11.3. The molecule has 0 radical (unpaired) electrons. The van der Waals surface area contributed by atoms with Crippen molar-refractivity contribution in [1.82, 2.24) is 9.97 Å². The first kappa shape index (κ1) is 13.8. The van der Waals surface area contributed by atoms with E-state index in [1.165, 1.54) is 0 Å². The van der Waals surface area contributed by atoms with Crippen LogP contribution in [0, 0.1) is 0 Å². The van der Waals surface area contributed by atoms with Crippen molar-refractivity contribution in [3.63, 3.8) is 0 Å². The zero-order valence-electron chi connectivity index (χ0n) is 9.73. The van der Waals surface area contributed by atoms with E-state index in [1.807, 2.05) is 0 Å². The van der Waals surface area contributed by atoms with Gasteiger partial charge in [-0.2, -0.15) is 13.2 Å². The quantitative estimate of drug-likeness (QED) is 0.847. The third kappa shape index (κ3) is 2.53. The Hall–Kier alpha value is -2.64. The second kappa shape index (κ2) is 4.80. The number of hydrogen-bond donors (Lipinski definition) is 2. The highest BCUT2D eigenvalue weighted by molar-refractivity contribution is 6.09. The molecule has 0 bridgehead atoms. The number of aromatic carboxylic acids is 1. The van der Waals surface area contributed by atoms with Crippen LogP contribution in [-0.2, 0) is 6.18 Å². The number of halogens is 3. The van der Waals surface area contributed by atoms with Gasteiger partial charge >= 0.3 is 12.1 Å². The van der Waals surface area contributed by atoms with E-state index in [1.54, 1.807) is 0 Å². The number of pyridine rings is 1. The SMILES string of the molecule is O=C(O)c1cc(C(=O)c2ncccc2C(F)(F)F)c[nH]1. The minimum Gasteiger partial charge on any atom is -0.477 e. The highest BCUT2D eigenvalue weighted by atomic mass is 19.4. The van der Waals surface area contributed by atoms with Crippen LogP contribution in [0.5, 0.6) is 0 Å². The number of ketones is 1.